The lowest BCUT2D eigenvalue weighted by molar-refractivity contribution is -0.147. The molecule has 1 atom stereocenters. The molecule has 1 saturated heterocycles. The molecule has 6 nitrogen and oxygen atoms in total. The topological polar surface area (TPSA) is 79.5 Å². The minimum atomic E-state index is -0.728. The van der Waals surface area contributed by atoms with Crippen molar-refractivity contribution in [1.29, 1.82) is 0 Å². The molecule has 1 N–H and O–H groups in total. The van der Waals surface area contributed by atoms with Gasteiger partial charge in [-0.1, -0.05) is 5.16 Å². The summed E-state index contributed by atoms with van der Waals surface area (Å²) in [4.78, 5) is 17.6. The fraction of sp³-hybridized carbons (Fsp3) is 0.750. The van der Waals surface area contributed by atoms with Gasteiger partial charge in [0.05, 0.1) is 12.0 Å². The lowest BCUT2D eigenvalue weighted by Crippen LogP contribution is -2.31. The number of hydrogen-bond acceptors (Lipinski definition) is 5. The Morgan fingerprint density at radius 3 is 3.00 bits per heavy atom. The van der Waals surface area contributed by atoms with E-state index in [1.165, 1.54) is 0 Å². The summed E-state index contributed by atoms with van der Waals surface area (Å²) in [6.07, 6.45) is 2.98. The molecular formula is C12H17N3O3. The number of nitrogens with zero attached hydrogens (tertiary/aromatic N) is 3. The number of rotatable bonds is 4. The van der Waals surface area contributed by atoms with Crippen LogP contribution in [0.25, 0.3) is 0 Å². The van der Waals surface area contributed by atoms with E-state index in [4.69, 9.17) is 9.63 Å². The quantitative estimate of drug-likeness (QED) is 0.867. The number of aliphatic carboxylic acids is 1. The predicted molar refractivity (Wildman–Crippen MR) is 61.9 cm³/mol. The summed E-state index contributed by atoms with van der Waals surface area (Å²) in [6.45, 7) is 3.66. The van der Waals surface area contributed by atoms with E-state index in [2.05, 4.69) is 15.0 Å². The van der Waals surface area contributed by atoms with E-state index in [1.807, 2.05) is 0 Å². The van der Waals surface area contributed by atoms with Gasteiger partial charge in [-0.3, -0.25) is 9.69 Å². The Bertz CT molecular complexity index is 469. The van der Waals surface area contributed by atoms with Gasteiger partial charge < -0.3 is 9.63 Å². The van der Waals surface area contributed by atoms with Crippen LogP contribution in [-0.2, 0) is 11.3 Å². The van der Waals surface area contributed by atoms with E-state index in [9.17, 15) is 4.79 Å². The van der Waals surface area contributed by atoms with Crippen molar-refractivity contribution >= 4 is 5.97 Å². The summed E-state index contributed by atoms with van der Waals surface area (Å²) in [7, 11) is 0. The van der Waals surface area contributed by atoms with Gasteiger partial charge in [0, 0.05) is 12.5 Å². The second-order valence-electron chi connectivity index (χ2n) is 5.65. The van der Waals surface area contributed by atoms with Crippen molar-refractivity contribution in [2.75, 3.05) is 13.1 Å². The van der Waals surface area contributed by atoms with Crippen LogP contribution in [0.1, 0.15) is 43.8 Å². The molecule has 6 heteroatoms. The standard InChI is InChI=1S/C12H17N3O3/c1-12(11(16)17)4-5-15(7-12)6-9-13-10(14-18-9)8-2-3-8/h8H,2-7H2,1H3,(H,16,17). The summed E-state index contributed by atoms with van der Waals surface area (Å²) < 4.78 is 5.21. The maximum Gasteiger partial charge on any atom is 0.310 e. The third-order valence-electron chi connectivity index (χ3n) is 3.85. The number of carboxylic acid groups (broad SMARTS) is 1. The third-order valence-corrected chi connectivity index (χ3v) is 3.85. The minimum absolute atomic E-state index is 0.491. The summed E-state index contributed by atoms with van der Waals surface area (Å²) >= 11 is 0. The highest BCUT2D eigenvalue weighted by Gasteiger charge is 2.40. The summed E-state index contributed by atoms with van der Waals surface area (Å²) in [5.74, 6) is 1.18. The van der Waals surface area contributed by atoms with Gasteiger partial charge in [-0.25, -0.2) is 0 Å². The molecule has 0 spiro atoms. The van der Waals surface area contributed by atoms with E-state index in [-0.39, 0.29) is 0 Å². The van der Waals surface area contributed by atoms with Crippen LogP contribution < -0.4 is 0 Å². The Labute approximate surface area is 105 Å². The zero-order valence-corrected chi connectivity index (χ0v) is 10.4. The van der Waals surface area contributed by atoms with Gasteiger partial charge in [-0.15, -0.1) is 0 Å². The second-order valence-corrected chi connectivity index (χ2v) is 5.65. The van der Waals surface area contributed by atoms with E-state index < -0.39 is 11.4 Å². The third kappa shape index (κ3) is 2.12. The Hall–Kier alpha value is -1.43. The van der Waals surface area contributed by atoms with Gasteiger partial charge in [0.2, 0.25) is 5.89 Å². The highest BCUT2D eigenvalue weighted by Crippen LogP contribution is 2.38. The van der Waals surface area contributed by atoms with Crippen LogP contribution in [-0.4, -0.2) is 39.2 Å². The Morgan fingerprint density at radius 2 is 2.39 bits per heavy atom. The van der Waals surface area contributed by atoms with Crippen molar-refractivity contribution in [3.63, 3.8) is 0 Å². The molecule has 1 aliphatic heterocycles. The molecule has 1 aromatic rings. The predicted octanol–water partition coefficient (Wildman–Crippen LogP) is 1.24. The molecule has 1 saturated carbocycles. The average Bonchev–Trinajstić information content (AvgIpc) is 2.96. The molecule has 1 unspecified atom stereocenters. The van der Waals surface area contributed by atoms with Crippen molar-refractivity contribution in [2.45, 2.75) is 38.6 Å². The van der Waals surface area contributed by atoms with Crippen LogP contribution in [0, 0.1) is 5.41 Å². The number of likely N-dealkylation sites (tertiary alicyclic amines) is 1. The number of hydrogen-bond donors (Lipinski definition) is 1. The first-order chi connectivity index (χ1) is 8.57. The first-order valence-electron chi connectivity index (χ1n) is 6.35. The molecule has 2 aliphatic rings. The second kappa shape index (κ2) is 4.05. The van der Waals surface area contributed by atoms with E-state index in [0.717, 1.165) is 25.2 Å². The smallest absolute Gasteiger partial charge is 0.310 e. The molecule has 1 aromatic heterocycles. The van der Waals surface area contributed by atoms with Crippen LogP contribution in [0.3, 0.4) is 0 Å². The monoisotopic (exact) mass is 251 g/mol. The van der Waals surface area contributed by atoms with Crippen LogP contribution >= 0.6 is 0 Å². The van der Waals surface area contributed by atoms with Gasteiger partial charge >= 0.3 is 5.97 Å². The minimum Gasteiger partial charge on any atom is -0.481 e. The van der Waals surface area contributed by atoms with Gasteiger partial charge in [-0.2, -0.15) is 4.98 Å². The van der Waals surface area contributed by atoms with Crippen LogP contribution in [0.5, 0.6) is 0 Å². The molecule has 2 heterocycles. The van der Waals surface area contributed by atoms with Crippen LogP contribution in [0.2, 0.25) is 0 Å². The Morgan fingerprint density at radius 1 is 1.61 bits per heavy atom. The molecule has 3 rings (SSSR count). The molecule has 0 aromatic carbocycles. The maximum absolute atomic E-state index is 11.1. The summed E-state index contributed by atoms with van der Waals surface area (Å²) in [5.41, 5.74) is -0.640. The molecule has 98 valence electrons. The Balaban J connectivity index is 1.61. The molecule has 1 aliphatic carbocycles. The maximum atomic E-state index is 11.1. The molecule has 18 heavy (non-hydrogen) atoms. The van der Waals surface area contributed by atoms with Gasteiger partial charge in [-0.05, 0) is 32.7 Å². The van der Waals surface area contributed by atoms with Crippen LogP contribution in [0.4, 0.5) is 0 Å². The average molecular weight is 251 g/mol. The van der Waals surface area contributed by atoms with E-state index in [1.54, 1.807) is 6.92 Å². The number of carbonyl (C=O) groups is 1. The van der Waals surface area contributed by atoms with Crippen molar-refractivity contribution < 1.29 is 14.4 Å². The fourth-order valence-electron chi connectivity index (χ4n) is 2.40. The fourth-order valence-corrected chi connectivity index (χ4v) is 2.40. The SMILES string of the molecule is CC1(C(=O)O)CCN(Cc2nc(C3CC3)no2)C1. The summed E-state index contributed by atoms with van der Waals surface area (Å²) in [5, 5.41) is 13.1. The van der Waals surface area contributed by atoms with E-state index in [0.29, 0.717) is 31.3 Å². The molecular weight excluding hydrogens is 234 g/mol. The van der Waals surface area contributed by atoms with Crippen molar-refractivity contribution in [3.8, 4) is 0 Å². The normalized spacial score (nSPS) is 28.7. The molecule has 0 bridgehead atoms. The van der Waals surface area contributed by atoms with Crippen molar-refractivity contribution in [1.82, 2.24) is 15.0 Å². The first kappa shape index (κ1) is 11.6. The number of aromatic nitrogens is 2. The highest BCUT2D eigenvalue weighted by atomic mass is 16.5. The first-order valence-corrected chi connectivity index (χ1v) is 6.35. The van der Waals surface area contributed by atoms with Crippen LogP contribution in [0.15, 0.2) is 4.52 Å². The molecule has 2 fully saturated rings. The molecule has 0 amide bonds. The van der Waals surface area contributed by atoms with E-state index >= 15 is 0 Å². The number of carboxylic acids is 1. The molecule has 0 radical (unpaired) electrons. The zero-order chi connectivity index (χ0) is 12.8. The van der Waals surface area contributed by atoms with Gasteiger partial charge in [0.15, 0.2) is 5.82 Å². The lowest BCUT2D eigenvalue weighted by Gasteiger charge is -2.18. The lowest BCUT2D eigenvalue weighted by atomic mass is 9.90. The highest BCUT2D eigenvalue weighted by molar-refractivity contribution is 5.74. The van der Waals surface area contributed by atoms with Gasteiger partial charge in [0.25, 0.3) is 0 Å². The largest absolute Gasteiger partial charge is 0.481 e. The van der Waals surface area contributed by atoms with Gasteiger partial charge in [0.1, 0.15) is 0 Å². The summed E-state index contributed by atoms with van der Waals surface area (Å²) in [6, 6.07) is 0. The van der Waals surface area contributed by atoms with Crippen molar-refractivity contribution in [2.24, 2.45) is 5.41 Å². The van der Waals surface area contributed by atoms with Crippen molar-refractivity contribution in [3.05, 3.63) is 11.7 Å². The zero-order valence-electron chi connectivity index (χ0n) is 10.4. The Kier molecular flexibility index (Phi) is 2.62.